The quantitative estimate of drug-likeness (QED) is 0.680. The van der Waals surface area contributed by atoms with Crippen molar-refractivity contribution in [2.75, 3.05) is 13.1 Å². The molecule has 0 aliphatic rings. The number of rotatable bonds is 9. The smallest absolute Gasteiger partial charge is 0.0967 e. The summed E-state index contributed by atoms with van der Waals surface area (Å²) < 4.78 is 1.82. The van der Waals surface area contributed by atoms with Gasteiger partial charge >= 0.3 is 0 Å². The maximum absolute atomic E-state index is 5.50. The number of nitrogens with two attached hydrogens (primary N) is 1. The maximum Gasteiger partial charge on any atom is 0.0967 e. The number of aromatic nitrogens is 3. The standard InChI is InChI=1S/C13H27N5/c1-4-5-6-8-17(12(2)3)10-13-11-18(9-7-14)16-15-13/h11-12H,4-10,14H2,1-3H3. The van der Waals surface area contributed by atoms with E-state index in [9.17, 15) is 0 Å². The molecule has 0 radical (unpaired) electrons. The van der Waals surface area contributed by atoms with Gasteiger partial charge in [0.1, 0.15) is 0 Å². The van der Waals surface area contributed by atoms with Gasteiger partial charge in [-0.25, -0.2) is 0 Å². The molecular weight excluding hydrogens is 226 g/mol. The fourth-order valence-electron chi connectivity index (χ4n) is 1.95. The van der Waals surface area contributed by atoms with E-state index in [1.54, 1.807) is 0 Å². The Labute approximate surface area is 110 Å². The summed E-state index contributed by atoms with van der Waals surface area (Å²) in [5, 5.41) is 8.28. The molecule has 5 nitrogen and oxygen atoms in total. The van der Waals surface area contributed by atoms with Crippen LogP contribution in [0, 0.1) is 0 Å². The van der Waals surface area contributed by atoms with Gasteiger partial charge in [-0.15, -0.1) is 5.10 Å². The highest BCUT2D eigenvalue weighted by Crippen LogP contribution is 2.08. The second-order valence-electron chi connectivity index (χ2n) is 5.03. The van der Waals surface area contributed by atoms with Crippen LogP contribution in [0.4, 0.5) is 0 Å². The minimum atomic E-state index is 0.543. The molecule has 2 N–H and O–H groups in total. The van der Waals surface area contributed by atoms with Crippen LogP contribution in [0.3, 0.4) is 0 Å². The van der Waals surface area contributed by atoms with E-state index in [0.717, 1.165) is 25.3 Å². The first-order chi connectivity index (χ1) is 8.67. The normalized spacial score (nSPS) is 11.7. The third-order valence-electron chi connectivity index (χ3n) is 3.09. The molecule has 0 saturated heterocycles. The molecule has 0 unspecified atom stereocenters. The van der Waals surface area contributed by atoms with Crippen LogP contribution in [0.15, 0.2) is 6.20 Å². The summed E-state index contributed by atoms with van der Waals surface area (Å²) in [7, 11) is 0. The Morgan fingerprint density at radius 1 is 1.39 bits per heavy atom. The van der Waals surface area contributed by atoms with E-state index in [0.29, 0.717) is 12.6 Å². The summed E-state index contributed by atoms with van der Waals surface area (Å²) in [4.78, 5) is 2.45. The predicted molar refractivity (Wildman–Crippen MR) is 74.1 cm³/mol. The molecule has 0 fully saturated rings. The summed E-state index contributed by atoms with van der Waals surface area (Å²) in [6.07, 6.45) is 5.81. The molecule has 0 atom stereocenters. The fraction of sp³-hybridized carbons (Fsp3) is 0.846. The van der Waals surface area contributed by atoms with Crippen molar-refractivity contribution in [3.63, 3.8) is 0 Å². The van der Waals surface area contributed by atoms with E-state index in [2.05, 4.69) is 36.0 Å². The molecule has 18 heavy (non-hydrogen) atoms. The van der Waals surface area contributed by atoms with Crippen molar-refractivity contribution in [3.05, 3.63) is 11.9 Å². The van der Waals surface area contributed by atoms with Crippen LogP contribution in [0.2, 0.25) is 0 Å². The third-order valence-corrected chi connectivity index (χ3v) is 3.09. The summed E-state index contributed by atoms with van der Waals surface area (Å²) >= 11 is 0. The highest BCUT2D eigenvalue weighted by Gasteiger charge is 2.11. The zero-order valence-corrected chi connectivity index (χ0v) is 12.0. The number of hydrogen-bond acceptors (Lipinski definition) is 4. The Morgan fingerprint density at radius 2 is 2.17 bits per heavy atom. The first kappa shape index (κ1) is 15.1. The molecule has 0 amide bonds. The monoisotopic (exact) mass is 253 g/mol. The second kappa shape index (κ2) is 8.21. The topological polar surface area (TPSA) is 60.0 Å². The lowest BCUT2D eigenvalue weighted by Gasteiger charge is -2.25. The zero-order valence-electron chi connectivity index (χ0n) is 12.0. The van der Waals surface area contributed by atoms with Gasteiger partial charge in [-0.05, 0) is 26.8 Å². The van der Waals surface area contributed by atoms with E-state index in [1.807, 2.05) is 10.9 Å². The van der Waals surface area contributed by atoms with Crippen LogP contribution >= 0.6 is 0 Å². The molecular formula is C13H27N5. The Hall–Kier alpha value is -0.940. The van der Waals surface area contributed by atoms with Crippen molar-refractivity contribution >= 4 is 0 Å². The van der Waals surface area contributed by atoms with Crippen LogP contribution < -0.4 is 5.73 Å². The largest absolute Gasteiger partial charge is 0.329 e. The third kappa shape index (κ3) is 5.14. The first-order valence-electron chi connectivity index (χ1n) is 7.00. The SMILES string of the molecule is CCCCCN(Cc1cn(CCN)nn1)C(C)C. The van der Waals surface area contributed by atoms with Crippen LogP contribution in [-0.4, -0.2) is 39.0 Å². The van der Waals surface area contributed by atoms with E-state index < -0.39 is 0 Å². The molecule has 1 aromatic rings. The Balaban J connectivity index is 2.48. The van der Waals surface area contributed by atoms with Gasteiger partial charge in [-0.2, -0.15) is 0 Å². The molecule has 5 heteroatoms. The molecule has 104 valence electrons. The fourth-order valence-corrected chi connectivity index (χ4v) is 1.95. The van der Waals surface area contributed by atoms with Crippen LogP contribution in [0.25, 0.3) is 0 Å². The average molecular weight is 253 g/mol. The van der Waals surface area contributed by atoms with Gasteiger partial charge in [0.05, 0.1) is 12.2 Å². The molecule has 1 rings (SSSR count). The summed E-state index contributed by atoms with van der Waals surface area (Å²) in [6, 6.07) is 0.543. The van der Waals surface area contributed by atoms with E-state index in [-0.39, 0.29) is 0 Å². The van der Waals surface area contributed by atoms with E-state index in [1.165, 1.54) is 19.3 Å². The second-order valence-corrected chi connectivity index (χ2v) is 5.03. The van der Waals surface area contributed by atoms with Gasteiger partial charge in [0, 0.05) is 25.3 Å². The van der Waals surface area contributed by atoms with E-state index in [4.69, 9.17) is 5.73 Å². The highest BCUT2D eigenvalue weighted by molar-refractivity contribution is 4.92. The van der Waals surface area contributed by atoms with Gasteiger partial charge in [-0.1, -0.05) is 25.0 Å². The van der Waals surface area contributed by atoms with Crippen LogP contribution in [0.1, 0.15) is 45.7 Å². The van der Waals surface area contributed by atoms with Crippen molar-refractivity contribution < 1.29 is 0 Å². The minimum Gasteiger partial charge on any atom is -0.329 e. The molecule has 0 saturated carbocycles. The lowest BCUT2D eigenvalue weighted by atomic mass is 10.2. The van der Waals surface area contributed by atoms with E-state index >= 15 is 0 Å². The first-order valence-corrected chi connectivity index (χ1v) is 7.00. The maximum atomic E-state index is 5.50. The molecule has 1 aromatic heterocycles. The lowest BCUT2D eigenvalue weighted by Crippen LogP contribution is -2.31. The molecule has 0 spiro atoms. The average Bonchev–Trinajstić information content (AvgIpc) is 2.76. The molecule has 0 aromatic carbocycles. The number of nitrogens with zero attached hydrogens (tertiary/aromatic N) is 4. The predicted octanol–water partition coefficient (Wildman–Crippen LogP) is 1.64. The van der Waals surface area contributed by atoms with Gasteiger partial charge in [0.15, 0.2) is 0 Å². The van der Waals surface area contributed by atoms with Crippen molar-refractivity contribution in [1.29, 1.82) is 0 Å². The van der Waals surface area contributed by atoms with Crippen LogP contribution in [-0.2, 0) is 13.1 Å². The van der Waals surface area contributed by atoms with Crippen molar-refractivity contribution in [3.8, 4) is 0 Å². The van der Waals surface area contributed by atoms with Crippen molar-refractivity contribution in [1.82, 2.24) is 19.9 Å². The summed E-state index contributed by atoms with van der Waals surface area (Å²) in [5.41, 5.74) is 6.54. The number of unbranched alkanes of at least 4 members (excludes halogenated alkanes) is 2. The summed E-state index contributed by atoms with van der Waals surface area (Å²) in [6.45, 7) is 10.1. The zero-order chi connectivity index (χ0) is 13.4. The molecule has 0 bridgehead atoms. The van der Waals surface area contributed by atoms with Gasteiger partial charge in [-0.3, -0.25) is 9.58 Å². The Morgan fingerprint density at radius 3 is 2.78 bits per heavy atom. The molecule has 0 aliphatic heterocycles. The van der Waals surface area contributed by atoms with Gasteiger partial charge in [0.25, 0.3) is 0 Å². The molecule has 1 heterocycles. The van der Waals surface area contributed by atoms with Gasteiger partial charge < -0.3 is 5.73 Å². The summed E-state index contributed by atoms with van der Waals surface area (Å²) in [5.74, 6) is 0. The highest BCUT2D eigenvalue weighted by atomic mass is 15.4. The minimum absolute atomic E-state index is 0.543. The lowest BCUT2D eigenvalue weighted by molar-refractivity contribution is 0.206. The van der Waals surface area contributed by atoms with Crippen molar-refractivity contribution in [2.45, 2.75) is 59.2 Å². The van der Waals surface area contributed by atoms with Gasteiger partial charge in [0.2, 0.25) is 0 Å². The van der Waals surface area contributed by atoms with Crippen LogP contribution in [0.5, 0.6) is 0 Å². The molecule has 0 aliphatic carbocycles. The number of hydrogen-bond donors (Lipinski definition) is 1. The Bertz CT molecular complexity index is 321. The Kier molecular flexibility index (Phi) is 6.90. The van der Waals surface area contributed by atoms with Crippen molar-refractivity contribution in [2.24, 2.45) is 5.73 Å².